The Labute approximate surface area is 206 Å². The average molecular weight is 508 g/mol. The van der Waals surface area contributed by atoms with Crippen LogP contribution < -0.4 is 23.8 Å². The second-order valence-corrected chi connectivity index (χ2v) is 9.63. The molecule has 192 valence electrons. The molecule has 0 unspecified atom stereocenters. The zero-order valence-electron chi connectivity index (χ0n) is 20.9. The number of hydrogen-bond acceptors (Lipinski definition) is 7. The number of anilines is 1. The van der Waals surface area contributed by atoms with Crippen LogP contribution in [0, 0.1) is 0 Å². The number of carbonyl (C=O) groups is 2. The molecule has 2 rings (SSSR count). The largest absolute Gasteiger partial charge is 0.497 e. The van der Waals surface area contributed by atoms with Gasteiger partial charge in [0.05, 0.1) is 33.3 Å². The van der Waals surface area contributed by atoms with Crippen molar-refractivity contribution < 1.29 is 32.2 Å². The molecule has 0 aliphatic rings. The van der Waals surface area contributed by atoms with Gasteiger partial charge in [0.2, 0.25) is 21.8 Å². The van der Waals surface area contributed by atoms with Gasteiger partial charge >= 0.3 is 0 Å². The minimum absolute atomic E-state index is 0.0782. The summed E-state index contributed by atoms with van der Waals surface area (Å²) in [5, 5.41) is 2.58. The summed E-state index contributed by atoms with van der Waals surface area (Å²) in [4.78, 5) is 27.7. The molecular weight excluding hydrogens is 474 g/mol. The summed E-state index contributed by atoms with van der Waals surface area (Å²) in [7, 11) is 1.96. The highest BCUT2D eigenvalue weighted by Crippen LogP contribution is 2.34. The summed E-state index contributed by atoms with van der Waals surface area (Å²) in [6, 6.07) is 11.0. The monoisotopic (exact) mass is 507 g/mol. The molecule has 0 radical (unpaired) electrons. The number of benzene rings is 2. The number of carbonyl (C=O) groups excluding carboxylic acids is 2. The Hall–Kier alpha value is -3.47. The van der Waals surface area contributed by atoms with Crippen molar-refractivity contribution in [3.63, 3.8) is 0 Å². The summed E-state index contributed by atoms with van der Waals surface area (Å²) in [5.74, 6) is 0.336. The van der Waals surface area contributed by atoms with Gasteiger partial charge in [-0.15, -0.1) is 0 Å². The maximum Gasteiger partial charge on any atom is 0.244 e. The number of nitrogens with zero attached hydrogens (tertiary/aromatic N) is 2. The van der Waals surface area contributed by atoms with Crippen molar-refractivity contribution in [1.82, 2.24) is 10.2 Å². The predicted molar refractivity (Wildman–Crippen MR) is 133 cm³/mol. The standard InChI is InChI=1S/C24H33N3O7S/c1-7-20(24(29)25-2)26(15-17-9-8-10-18(13-17)32-3)23(28)16-27(35(6,30)31)21-14-19(33-4)11-12-22(21)34-5/h8-14,20H,7,15-16H2,1-6H3,(H,25,29)/t20-/m1/s1. The Morgan fingerprint density at radius 1 is 1.00 bits per heavy atom. The van der Waals surface area contributed by atoms with Gasteiger partial charge in [-0.1, -0.05) is 19.1 Å². The van der Waals surface area contributed by atoms with Crippen LogP contribution in [-0.2, 0) is 26.2 Å². The van der Waals surface area contributed by atoms with Crippen LogP contribution in [0.25, 0.3) is 0 Å². The van der Waals surface area contributed by atoms with Crippen LogP contribution >= 0.6 is 0 Å². The van der Waals surface area contributed by atoms with E-state index in [0.29, 0.717) is 17.9 Å². The van der Waals surface area contributed by atoms with E-state index in [1.807, 2.05) is 0 Å². The highest BCUT2D eigenvalue weighted by atomic mass is 32.2. The quantitative estimate of drug-likeness (QED) is 0.468. The van der Waals surface area contributed by atoms with Crippen molar-refractivity contribution in [2.75, 3.05) is 45.5 Å². The fraction of sp³-hybridized carbons (Fsp3) is 0.417. The molecule has 0 saturated heterocycles. The third kappa shape index (κ3) is 7.01. The van der Waals surface area contributed by atoms with E-state index in [9.17, 15) is 18.0 Å². The lowest BCUT2D eigenvalue weighted by Crippen LogP contribution is -2.51. The molecule has 0 aliphatic carbocycles. The fourth-order valence-corrected chi connectivity index (χ4v) is 4.48. The molecule has 10 nitrogen and oxygen atoms in total. The van der Waals surface area contributed by atoms with Crippen molar-refractivity contribution in [2.45, 2.75) is 25.9 Å². The lowest BCUT2D eigenvalue weighted by molar-refractivity contribution is -0.140. The molecule has 0 saturated carbocycles. The highest BCUT2D eigenvalue weighted by molar-refractivity contribution is 7.92. The first-order chi connectivity index (χ1) is 16.6. The van der Waals surface area contributed by atoms with Gasteiger partial charge in [-0.05, 0) is 36.2 Å². The summed E-state index contributed by atoms with van der Waals surface area (Å²) >= 11 is 0. The molecule has 2 amide bonds. The molecule has 0 bridgehead atoms. The van der Waals surface area contributed by atoms with Gasteiger partial charge < -0.3 is 24.4 Å². The number of sulfonamides is 1. The van der Waals surface area contributed by atoms with E-state index < -0.39 is 28.5 Å². The summed E-state index contributed by atoms with van der Waals surface area (Å²) in [6.45, 7) is 1.32. The molecular formula is C24H33N3O7S. The molecule has 0 fully saturated rings. The van der Waals surface area contributed by atoms with Gasteiger partial charge in [-0.25, -0.2) is 8.42 Å². The van der Waals surface area contributed by atoms with Crippen LogP contribution in [0.3, 0.4) is 0 Å². The third-order valence-electron chi connectivity index (χ3n) is 5.45. The van der Waals surface area contributed by atoms with Crippen LogP contribution in [0.2, 0.25) is 0 Å². The Kier molecular flexibility index (Phi) is 9.76. The van der Waals surface area contributed by atoms with Crippen LogP contribution in [0.1, 0.15) is 18.9 Å². The van der Waals surface area contributed by atoms with E-state index in [2.05, 4.69) is 5.32 Å². The van der Waals surface area contributed by atoms with Crippen molar-refractivity contribution in [2.24, 2.45) is 0 Å². The summed E-state index contributed by atoms with van der Waals surface area (Å²) in [5.41, 5.74) is 0.877. The Morgan fingerprint density at radius 3 is 2.20 bits per heavy atom. The molecule has 11 heteroatoms. The minimum Gasteiger partial charge on any atom is -0.497 e. The van der Waals surface area contributed by atoms with E-state index in [-0.39, 0.29) is 23.9 Å². The lowest BCUT2D eigenvalue weighted by Gasteiger charge is -2.33. The topological polar surface area (TPSA) is 114 Å². The minimum atomic E-state index is -3.92. The summed E-state index contributed by atoms with van der Waals surface area (Å²) in [6.07, 6.45) is 1.33. The van der Waals surface area contributed by atoms with Gasteiger partial charge in [-0.2, -0.15) is 0 Å². The summed E-state index contributed by atoms with van der Waals surface area (Å²) < 4.78 is 42.4. The van der Waals surface area contributed by atoms with Crippen molar-refractivity contribution in [3.05, 3.63) is 48.0 Å². The molecule has 0 heterocycles. The van der Waals surface area contributed by atoms with E-state index in [0.717, 1.165) is 16.1 Å². The fourth-order valence-electron chi connectivity index (χ4n) is 3.64. The Balaban J connectivity index is 2.53. The van der Waals surface area contributed by atoms with Crippen molar-refractivity contribution in [1.29, 1.82) is 0 Å². The first-order valence-corrected chi connectivity index (χ1v) is 12.8. The van der Waals surface area contributed by atoms with Gasteiger partial charge in [0, 0.05) is 19.7 Å². The SMILES string of the molecule is CC[C@H](C(=O)NC)N(Cc1cccc(OC)c1)C(=O)CN(c1cc(OC)ccc1OC)S(C)(=O)=O. The first kappa shape index (κ1) is 27.8. The molecule has 0 aliphatic heterocycles. The number of methoxy groups -OCH3 is 3. The molecule has 2 aromatic carbocycles. The van der Waals surface area contributed by atoms with E-state index in [4.69, 9.17) is 14.2 Å². The zero-order chi connectivity index (χ0) is 26.2. The van der Waals surface area contributed by atoms with Gasteiger partial charge in [0.1, 0.15) is 29.8 Å². The molecule has 0 spiro atoms. The number of nitrogens with one attached hydrogen (secondary N) is 1. The van der Waals surface area contributed by atoms with Gasteiger partial charge in [-0.3, -0.25) is 13.9 Å². The van der Waals surface area contributed by atoms with Crippen LogP contribution in [0.4, 0.5) is 5.69 Å². The van der Waals surface area contributed by atoms with E-state index in [1.165, 1.54) is 39.3 Å². The first-order valence-electron chi connectivity index (χ1n) is 10.9. The maximum absolute atomic E-state index is 13.6. The van der Waals surface area contributed by atoms with Crippen LogP contribution in [0.5, 0.6) is 17.2 Å². The molecule has 0 aromatic heterocycles. The molecule has 1 atom stereocenters. The number of rotatable bonds is 12. The number of likely N-dealkylation sites (N-methyl/N-ethyl adjacent to an activating group) is 1. The average Bonchev–Trinajstić information content (AvgIpc) is 2.85. The van der Waals surface area contributed by atoms with Crippen molar-refractivity contribution in [3.8, 4) is 17.2 Å². The lowest BCUT2D eigenvalue weighted by atomic mass is 10.1. The van der Waals surface area contributed by atoms with Crippen LogP contribution in [-0.4, -0.2) is 72.4 Å². The maximum atomic E-state index is 13.6. The second kappa shape index (κ2) is 12.3. The highest BCUT2D eigenvalue weighted by Gasteiger charge is 2.32. The number of ether oxygens (including phenoxy) is 3. The predicted octanol–water partition coefficient (Wildman–Crippen LogP) is 2.03. The van der Waals surface area contributed by atoms with Gasteiger partial charge in [0.15, 0.2) is 0 Å². The van der Waals surface area contributed by atoms with Crippen LogP contribution in [0.15, 0.2) is 42.5 Å². The van der Waals surface area contributed by atoms with E-state index in [1.54, 1.807) is 43.3 Å². The number of hydrogen-bond donors (Lipinski definition) is 1. The Morgan fingerprint density at radius 2 is 1.66 bits per heavy atom. The molecule has 1 N–H and O–H groups in total. The third-order valence-corrected chi connectivity index (χ3v) is 6.58. The molecule has 2 aromatic rings. The smallest absolute Gasteiger partial charge is 0.244 e. The normalized spacial score (nSPS) is 11.8. The molecule has 35 heavy (non-hydrogen) atoms. The second-order valence-electron chi connectivity index (χ2n) is 7.72. The zero-order valence-corrected chi connectivity index (χ0v) is 21.7. The Bertz CT molecular complexity index is 1140. The van der Waals surface area contributed by atoms with E-state index >= 15 is 0 Å². The number of amides is 2. The van der Waals surface area contributed by atoms with Crippen molar-refractivity contribution >= 4 is 27.5 Å². The van der Waals surface area contributed by atoms with Gasteiger partial charge in [0.25, 0.3) is 0 Å².